The highest BCUT2D eigenvalue weighted by Gasteiger charge is 2.17. The number of aromatic nitrogens is 2. The van der Waals surface area contributed by atoms with Crippen LogP contribution in [-0.4, -0.2) is 15.8 Å². The largest absolute Gasteiger partial charge is 0.289 e. The molecule has 30 heavy (non-hydrogen) atoms. The van der Waals surface area contributed by atoms with Crippen molar-refractivity contribution in [3.05, 3.63) is 108 Å². The van der Waals surface area contributed by atoms with Crippen molar-refractivity contribution >= 4 is 49.4 Å². The molecule has 0 unspecified atom stereocenters. The van der Waals surface area contributed by atoms with Crippen molar-refractivity contribution in [3.63, 3.8) is 0 Å². The minimum atomic E-state index is -0.0136. The summed E-state index contributed by atoms with van der Waals surface area (Å²) in [5.74, 6) is -0.0136. The average molecular weight is 384 g/mol. The fourth-order valence-electron chi connectivity index (χ4n) is 4.14. The lowest BCUT2D eigenvalue weighted by atomic mass is 9.95. The quantitative estimate of drug-likeness (QED) is 0.259. The van der Waals surface area contributed by atoms with E-state index in [9.17, 15) is 4.79 Å². The molecule has 4 aromatic carbocycles. The van der Waals surface area contributed by atoms with Crippen LogP contribution in [0, 0.1) is 0 Å². The SMILES string of the molecule is O=C(c1cccc2nc3ccccc3cc12)c1cccc2nc3ccccc3cc12. The van der Waals surface area contributed by atoms with E-state index in [1.807, 2.05) is 84.9 Å². The van der Waals surface area contributed by atoms with Gasteiger partial charge < -0.3 is 0 Å². The summed E-state index contributed by atoms with van der Waals surface area (Å²) in [5, 5.41) is 3.78. The minimum Gasteiger partial charge on any atom is -0.289 e. The lowest BCUT2D eigenvalue weighted by Crippen LogP contribution is -2.04. The van der Waals surface area contributed by atoms with Gasteiger partial charge in [0.1, 0.15) is 0 Å². The van der Waals surface area contributed by atoms with Crippen LogP contribution in [-0.2, 0) is 0 Å². The van der Waals surface area contributed by atoms with Gasteiger partial charge >= 0.3 is 0 Å². The van der Waals surface area contributed by atoms with Crippen LogP contribution in [0.5, 0.6) is 0 Å². The summed E-state index contributed by atoms with van der Waals surface area (Å²) >= 11 is 0. The zero-order valence-corrected chi connectivity index (χ0v) is 16.0. The van der Waals surface area contributed by atoms with Crippen molar-refractivity contribution in [1.29, 1.82) is 0 Å². The second-order valence-electron chi connectivity index (χ2n) is 7.44. The molecule has 3 heteroatoms. The molecule has 0 fully saturated rings. The van der Waals surface area contributed by atoms with E-state index in [1.54, 1.807) is 0 Å². The van der Waals surface area contributed by atoms with Crippen LogP contribution >= 0.6 is 0 Å². The van der Waals surface area contributed by atoms with Crippen molar-refractivity contribution in [2.45, 2.75) is 0 Å². The van der Waals surface area contributed by atoms with Gasteiger partial charge in [0, 0.05) is 32.7 Å². The van der Waals surface area contributed by atoms with Gasteiger partial charge in [0.05, 0.1) is 22.1 Å². The first kappa shape index (κ1) is 16.8. The van der Waals surface area contributed by atoms with E-state index in [2.05, 4.69) is 12.1 Å². The van der Waals surface area contributed by atoms with Gasteiger partial charge in [0.15, 0.2) is 5.78 Å². The van der Waals surface area contributed by atoms with E-state index in [-0.39, 0.29) is 5.78 Å². The van der Waals surface area contributed by atoms with Gasteiger partial charge in [-0.15, -0.1) is 0 Å². The molecule has 0 N–H and O–H groups in total. The number of carbonyl (C=O) groups excluding carboxylic acids is 1. The van der Waals surface area contributed by atoms with E-state index < -0.39 is 0 Å². The topological polar surface area (TPSA) is 42.9 Å². The smallest absolute Gasteiger partial charge is 0.194 e. The third-order valence-corrected chi connectivity index (χ3v) is 5.61. The zero-order chi connectivity index (χ0) is 20.1. The van der Waals surface area contributed by atoms with Crippen molar-refractivity contribution in [1.82, 2.24) is 9.97 Å². The van der Waals surface area contributed by atoms with Gasteiger partial charge in [0.2, 0.25) is 0 Å². The number of ketones is 1. The summed E-state index contributed by atoms with van der Waals surface area (Å²) < 4.78 is 0. The van der Waals surface area contributed by atoms with Crippen molar-refractivity contribution < 1.29 is 4.79 Å². The number of benzene rings is 4. The highest BCUT2D eigenvalue weighted by Crippen LogP contribution is 2.28. The average Bonchev–Trinajstić information content (AvgIpc) is 2.80. The fraction of sp³-hybridized carbons (Fsp3) is 0. The molecule has 0 bridgehead atoms. The Kier molecular flexibility index (Phi) is 3.62. The van der Waals surface area contributed by atoms with Crippen LogP contribution in [0.4, 0.5) is 0 Å². The molecule has 0 saturated heterocycles. The van der Waals surface area contributed by atoms with Gasteiger partial charge in [0.25, 0.3) is 0 Å². The highest BCUT2D eigenvalue weighted by atomic mass is 16.1. The Balaban J connectivity index is 1.61. The first-order chi connectivity index (χ1) is 14.8. The van der Waals surface area contributed by atoms with Crippen molar-refractivity contribution in [2.24, 2.45) is 0 Å². The summed E-state index contributed by atoms with van der Waals surface area (Å²) in [6.07, 6.45) is 0. The Morgan fingerprint density at radius 2 is 0.933 bits per heavy atom. The maximum Gasteiger partial charge on any atom is 0.194 e. The predicted molar refractivity (Wildman–Crippen MR) is 122 cm³/mol. The third-order valence-electron chi connectivity index (χ3n) is 5.61. The van der Waals surface area contributed by atoms with E-state index >= 15 is 0 Å². The standard InChI is InChI=1S/C27H16N2O/c30-27(19-9-5-13-25-21(19)15-17-7-1-3-11-23(17)28-25)20-10-6-14-26-22(20)16-18-8-2-4-12-24(18)29-26/h1-16H. The summed E-state index contributed by atoms with van der Waals surface area (Å²) in [5.41, 5.74) is 4.82. The monoisotopic (exact) mass is 384 g/mol. The first-order valence-electron chi connectivity index (χ1n) is 9.90. The molecule has 2 aromatic heterocycles. The minimum absolute atomic E-state index is 0.0136. The van der Waals surface area contributed by atoms with E-state index in [4.69, 9.17) is 9.97 Å². The number of para-hydroxylation sites is 2. The van der Waals surface area contributed by atoms with Crippen molar-refractivity contribution in [2.75, 3.05) is 0 Å². The fourth-order valence-corrected chi connectivity index (χ4v) is 4.14. The molecule has 6 aromatic rings. The maximum atomic E-state index is 13.7. The first-order valence-corrected chi connectivity index (χ1v) is 9.90. The molecule has 2 heterocycles. The van der Waals surface area contributed by atoms with Gasteiger partial charge in [-0.25, -0.2) is 9.97 Å². The summed E-state index contributed by atoms with van der Waals surface area (Å²) in [6, 6.07) is 31.6. The number of rotatable bonds is 2. The second kappa shape index (κ2) is 6.46. The van der Waals surface area contributed by atoms with Crippen LogP contribution in [0.25, 0.3) is 43.6 Å². The molecular formula is C27H16N2O. The van der Waals surface area contributed by atoms with E-state index in [0.29, 0.717) is 11.1 Å². The molecular weight excluding hydrogens is 368 g/mol. The van der Waals surface area contributed by atoms with Gasteiger partial charge in [-0.2, -0.15) is 0 Å². The summed E-state index contributed by atoms with van der Waals surface area (Å²) in [6.45, 7) is 0. The molecule has 0 aliphatic rings. The van der Waals surface area contributed by atoms with Gasteiger partial charge in [-0.3, -0.25) is 4.79 Å². The number of hydrogen-bond acceptors (Lipinski definition) is 3. The molecule has 0 radical (unpaired) electrons. The lowest BCUT2D eigenvalue weighted by molar-refractivity contribution is 0.104. The normalized spacial score (nSPS) is 11.5. The van der Waals surface area contributed by atoms with Crippen LogP contribution in [0.2, 0.25) is 0 Å². The zero-order valence-electron chi connectivity index (χ0n) is 16.0. The molecule has 0 saturated carbocycles. The summed E-state index contributed by atoms with van der Waals surface area (Å²) in [7, 11) is 0. The Hall–Kier alpha value is -4.11. The van der Waals surface area contributed by atoms with E-state index in [0.717, 1.165) is 43.6 Å². The highest BCUT2D eigenvalue weighted by molar-refractivity contribution is 6.22. The van der Waals surface area contributed by atoms with Crippen LogP contribution in [0.15, 0.2) is 97.1 Å². The number of nitrogens with zero attached hydrogens (tertiary/aromatic N) is 2. The molecule has 0 aliphatic carbocycles. The number of fused-ring (bicyclic) bond motifs is 4. The Morgan fingerprint density at radius 3 is 1.43 bits per heavy atom. The van der Waals surface area contributed by atoms with Gasteiger partial charge in [-0.1, -0.05) is 60.7 Å². The van der Waals surface area contributed by atoms with Crippen molar-refractivity contribution in [3.8, 4) is 0 Å². The summed E-state index contributed by atoms with van der Waals surface area (Å²) in [4.78, 5) is 23.2. The number of carbonyl (C=O) groups is 1. The van der Waals surface area contributed by atoms with E-state index in [1.165, 1.54) is 0 Å². The Labute approximate surface area is 172 Å². The lowest BCUT2D eigenvalue weighted by Gasteiger charge is -2.10. The molecule has 0 atom stereocenters. The Morgan fingerprint density at radius 1 is 0.500 bits per heavy atom. The van der Waals surface area contributed by atoms with Crippen LogP contribution in [0.3, 0.4) is 0 Å². The molecule has 140 valence electrons. The van der Waals surface area contributed by atoms with Gasteiger partial charge in [-0.05, 0) is 36.4 Å². The maximum absolute atomic E-state index is 13.7. The predicted octanol–water partition coefficient (Wildman–Crippen LogP) is 6.32. The third kappa shape index (κ3) is 2.56. The Bertz CT molecular complexity index is 1500. The number of hydrogen-bond donors (Lipinski definition) is 0. The molecule has 0 spiro atoms. The molecule has 0 amide bonds. The number of pyridine rings is 2. The molecule has 6 rings (SSSR count). The molecule has 3 nitrogen and oxygen atoms in total. The molecule has 0 aliphatic heterocycles. The second-order valence-corrected chi connectivity index (χ2v) is 7.44. The van der Waals surface area contributed by atoms with Crippen LogP contribution < -0.4 is 0 Å². The van der Waals surface area contributed by atoms with Crippen LogP contribution in [0.1, 0.15) is 15.9 Å².